The summed E-state index contributed by atoms with van der Waals surface area (Å²) < 4.78 is 0. The second-order valence-electron chi connectivity index (χ2n) is 6.70. The van der Waals surface area contributed by atoms with E-state index in [0.29, 0.717) is 0 Å². The van der Waals surface area contributed by atoms with Gasteiger partial charge in [-0.15, -0.1) is 0 Å². The van der Waals surface area contributed by atoms with E-state index in [4.69, 9.17) is 5.73 Å². The summed E-state index contributed by atoms with van der Waals surface area (Å²) in [6, 6.07) is 4.87. The van der Waals surface area contributed by atoms with E-state index < -0.39 is 0 Å². The Hall–Kier alpha value is -0.860. The maximum Gasteiger partial charge on any atom is 0.0307 e. The molecule has 0 bridgehead atoms. The van der Waals surface area contributed by atoms with Gasteiger partial charge in [0, 0.05) is 18.1 Å². The van der Waals surface area contributed by atoms with Crippen molar-refractivity contribution in [2.75, 3.05) is 6.54 Å². The lowest BCUT2D eigenvalue weighted by Crippen LogP contribution is -2.59. The van der Waals surface area contributed by atoms with E-state index >= 15 is 0 Å². The van der Waals surface area contributed by atoms with E-state index in [-0.39, 0.29) is 11.6 Å². The number of hydrogen-bond donors (Lipinski definition) is 1. The maximum atomic E-state index is 6.32. The lowest BCUT2D eigenvalue weighted by Gasteiger charge is -2.47. The van der Waals surface area contributed by atoms with Gasteiger partial charge >= 0.3 is 0 Å². The van der Waals surface area contributed by atoms with E-state index in [9.17, 15) is 0 Å². The SMILES string of the molecule is Cc1cc(C)c(CN2CCCC(N)C2(C)C)c(C)c1. The number of piperidine rings is 1. The molecule has 1 atom stereocenters. The summed E-state index contributed by atoms with van der Waals surface area (Å²) in [5, 5.41) is 0. The van der Waals surface area contributed by atoms with Crippen LogP contribution in [0.1, 0.15) is 48.9 Å². The highest BCUT2D eigenvalue weighted by atomic mass is 15.2. The fourth-order valence-electron chi connectivity index (χ4n) is 3.31. The van der Waals surface area contributed by atoms with Gasteiger partial charge in [0.25, 0.3) is 0 Å². The van der Waals surface area contributed by atoms with Crippen LogP contribution in [0.2, 0.25) is 0 Å². The Labute approximate surface area is 118 Å². The van der Waals surface area contributed by atoms with Crippen LogP contribution in [0.25, 0.3) is 0 Å². The smallest absolute Gasteiger partial charge is 0.0307 e. The van der Waals surface area contributed by atoms with E-state index in [1.54, 1.807) is 0 Å². The van der Waals surface area contributed by atoms with E-state index in [0.717, 1.165) is 19.5 Å². The minimum Gasteiger partial charge on any atom is -0.326 e. The fourth-order valence-corrected chi connectivity index (χ4v) is 3.31. The Kier molecular flexibility index (Phi) is 4.03. The van der Waals surface area contributed by atoms with Crippen molar-refractivity contribution in [3.63, 3.8) is 0 Å². The monoisotopic (exact) mass is 260 g/mol. The molecule has 2 nitrogen and oxygen atoms in total. The van der Waals surface area contributed by atoms with Crippen LogP contribution in [0, 0.1) is 20.8 Å². The summed E-state index contributed by atoms with van der Waals surface area (Å²) in [4.78, 5) is 2.56. The molecule has 1 heterocycles. The molecule has 0 aliphatic carbocycles. The minimum absolute atomic E-state index is 0.0992. The Morgan fingerprint density at radius 1 is 1.21 bits per heavy atom. The molecule has 1 fully saturated rings. The third kappa shape index (κ3) is 2.85. The molecule has 1 aromatic rings. The van der Waals surface area contributed by atoms with Gasteiger partial charge in [0.2, 0.25) is 0 Å². The van der Waals surface area contributed by atoms with Crippen molar-refractivity contribution < 1.29 is 0 Å². The van der Waals surface area contributed by atoms with Crippen LogP contribution in [0.4, 0.5) is 0 Å². The predicted octanol–water partition coefficient (Wildman–Crippen LogP) is 3.31. The van der Waals surface area contributed by atoms with Crippen molar-refractivity contribution in [3.8, 4) is 0 Å². The number of hydrogen-bond acceptors (Lipinski definition) is 2. The van der Waals surface area contributed by atoms with Crippen molar-refractivity contribution in [2.45, 2.75) is 65.6 Å². The Morgan fingerprint density at radius 3 is 2.37 bits per heavy atom. The summed E-state index contributed by atoms with van der Waals surface area (Å²) in [7, 11) is 0. The lowest BCUT2D eigenvalue weighted by atomic mass is 9.84. The zero-order valence-corrected chi connectivity index (χ0v) is 13.1. The molecule has 2 heteroatoms. The topological polar surface area (TPSA) is 29.3 Å². The average molecular weight is 260 g/mol. The molecule has 0 spiro atoms. The molecule has 2 N–H and O–H groups in total. The first-order valence-corrected chi connectivity index (χ1v) is 7.39. The van der Waals surface area contributed by atoms with Crippen LogP contribution in [0.5, 0.6) is 0 Å². The number of nitrogens with two attached hydrogens (primary N) is 1. The number of likely N-dealkylation sites (tertiary alicyclic amines) is 1. The molecular formula is C17H28N2. The molecule has 1 aliphatic heterocycles. The molecule has 106 valence electrons. The van der Waals surface area contributed by atoms with Gasteiger partial charge in [-0.25, -0.2) is 0 Å². The average Bonchev–Trinajstić information content (AvgIpc) is 2.29. The van der Waals surface area contributed by atoms with E-state index in [1.807, 2.05) is 0 Å². The molecular weight excluding hydrogens is 232 g/mol. The molecule has 0 amide bonds. The third-order valence-electron chi connectivity index (χ3n) is 4.85. The number of nitrogens with zero attached hydrogens (tertiary/aromatic N) is 1. The summed E-state index contributed by atoms with van der Waals surface area (Å²) in [5.41, 5.74) is 12.1. The molecule has 1 saturated heterocycles. The van der Waals surface area contributed by atoms with Crippen molar-refractivity contribution >= 4 is 0 Å². The molecule has 1 aromatic carbocycles. The first-order chi connectivity index (χ1) is 8.82. The normalized spacial score (nSPS) is 23.6. The fraction of sp³-hybridized carbons (Fsp3) is 0.647. The Bertz CT molecular complexity index is 439. The largest absolute Gasteiger partial charge is 0.326 e. The van der Waals surface area contributed by atoms with Crippen molar-refractivity contribution in [2.24, 2.45) is 5.73 Å². The van der Waals surface area contributed by atoms with Gasteiger partial charge in [-0.1, -0.05) is 17.7 Å². The summed E-state index contributed by atoms with van der Waals surface area (Å²) in [6.07, 6.45) is 2.36. The third-order valence-corrected chi connectivity index (χ3v) is 4.85. The first-order valence-electron chi connectivity index (χ1n) is 7.39. The first kappa shape index (κ1) is 14.5. The van der Waals surface area contributed by atoms with Gasteiger partial charge in [0.15, 0.2) is 0 Å². The molecule has 0 saturated carbocycles. The number of rotatable bonds is 2. The van der Waals surface area contributed by atoms with Crippen molar-refractivity contribution in [1.82, 2.24) is 4.90 Å². The maximum absolute atomic E-state index is 6.32. The minimum atomic E-state index is 0.0992. The highest BCUT2D eigenvalue weighted by molar-refractivity contribution is 5.37. The van der Waals surface area contributed by atoms with Gasteiger partial charge in [0.1, 0.15) is 0 Å². The van der Waals surface area contributed by atoms with Gasteiger partial charge in [-0.2, -0.15) is 0 Å². The van der Waals surface area contributed by atoms with Gasteiger partial charge in [-0.3, -0.25) is 4.90 Å². The van der Waals surface area contributed by atoms with Gasteiger partial charge < -0.3 is 5.73 Å². The standard InChI is InChI=1S/C17H28N2/c1-12-9-13(2)15(14(3)10-12)11-19-8-6-7-16(18)17(19,4)5/h9-10,16H,6-8,11,18H2,1-5H3. The van der Waals surface area contributed by atoms with Crippen LogP contribution in [-0.2, 0) is 6.54 Å². The highest BCUT2D eigenvalue weighted by Crippen LogP contribution is 2.29. The van der Waals surface area contributed by atoms with Gasteiger partial charge in [0.05, 0.1) is 0 Å². The second kappa shape index (κ2) is 5.26. The van der Waals surface area contributed by atoms with E-state index in [1.165, 1.54) is 28.7 Å². The molecule has 19 heavy (non-hydrogen) atoms. The number of benzene rings is 1. The van der Waals surface area contributed by atoms with Crippen molar-refractivity contribution in [1.29, 1.82) is 0 Å². The quantitative estimate of drug-likeness (QED) is 0.884. The Morgan fingerprint density at radius 2 is 1.79 bits per heavy atom. The Balaban J connectivity index is 2.26. The van der Waals surface area contributed by atoms with Crippen LogP contribution in [0.15, 0.2) is 12.1 Å². The summed E-state index contributed by atoms with van der Waals surface area (Å²) in [5.74, 6) is 0. The second-order valence-corrected chi connectivity index (χ2v) is 6.70. The van der Waals surface area contributed by atoms with E-state index in [2.05, 4.69) is 51.7 Å². The van der Waals surface area contributed by atoms with Crippen LogP contribution in [0.3, 0.4) is 0 Å². The van der Waals surface area contributed by atoms with Crippen LogP contribution >= 0.6 is 0 Å². The lowest BCUT2D eigenvalue weighted by molar-refractivity contribution is 0.0498. The molecule has 1 aliphatic rings. The van der Waals surface area contributed by atoms with Crippen LogP contribution < -0.4 is 5.73 Å². The zero-order valence-electron chi connectivity index (χ0n) is 13.1. The molecule has 1 unspecified atom stereocenters. The summed E-state index contributed by atoms with van der Waals surface area (Å²) >= 11 is 0. The van der Waals surface area contributed by atoms with Crippen LogP contribution in [-0.4, -0.2) is 23.0 Å². The zero-order chi connectivity index (χ0) is 14.2. The molecule has 0 radical (unpaired) electrons. The van der Waals surface area contributed by atoms with Crippen molar-refractivity contribution in [3.05, 3.63) is 34.4 Å². The summed E-state index contributed by atoms with van der Waals surface area (Å²) in [6.45, 7) is 13.4. The predicted molar refractivity (Wildman–Crippen MR) is 82.4 cm³/mol. The van der Waals surface area contributed by atoms with Gasteiger partial charge in [-0.05, 0) is 70.7 Å². The molecule has 2 rings (SSSR count). The highest BCUT2D eigenvalue weighted by Gasteiger charge is 2.36. The number of aryl methyl sites for hydroxylation is 3. The molecule has 0 aromatic heterocycles.